The molecule has 1 aromatic heterocycles. The quantitative estimate of drug-likeness (QED) is 0.500. The zero-order valence-corrected chi connectivity index (χ0v) is 16.2. The molecule has 1 N–H and O–H groups in total. The third-order valence-electron chi connectivity index (χ3n) is 3.95. The van der Waals surface area contributed by atoms with E-state index in [4.69, 9.17) is 4.74 Å². The van der Waals surface area contributed by atoms with Gasteiger partial charge in [-0.25, -0.2) is 9.78 Å². The Morgan fingerprint density at radius 2 is 1.71 bits per heavy atom. The number of rotatable bonds is 6. The van der Waals surface area contributed by atoms with Crippen molar-refractivity contribution in [2.45, 2.75) is 20.0 Å². The second kappa shape index (κ2) is 8.58. The lowest BCUT2D eigenvalue weighted by Crippen LogP contribution is -2.30. The Labute approximate surface area is 166 Å². The minimum Gasteiger partial charge on any atom is -0.448 e. The summed E-state index contributed by atoms with van der Waals surface area (Å²) in [5, 5.41) is 4.96. The molecule has 1 atom stereocenters. The fourth-order valence-corrected chi connectivity index (χ4v) is 3.18. The Morgan fingerprint density at radius 1 is 1.04 bits per heavy atom. The number of hydrogen-bond acceptors (Lipinski definition) is 6. The second-order valence-corrected chi connectivity index (χ2v) is 6.93. The van der Waals surface area contributed by atoms with Gasteiger partial charge in [0.1, 0.15) is 5.01 Å². The average Bonchev–Trinajstić information content (AvgIpc) is 3.19. The van der Waals surface area contributed by atoms with E-state index < -0.39 is 18.0 Å². The van der Waals surface area contributed by atoms with Crippen molar-refractivity contribution in [2.24, 2.45) is 0 Å². The minimum absolute atomic E-state index is 0.0571. The molecule has 6 nitrogen and oxygen atoms in total. The zero-order chi connectivity index (χ0) is 20.1. The monoisotopic (exact) mass is 394 g/mol. The summed E-state index contributed by atoms with van der Waals surface area (Å²) in [5.74, 6) is -1.19. The molecule has 0 aliphatic carbocycles. The first-order valence-corrected chi connectivity index (χ1v) is 9.46. The molecule has 142 valence electrons. The molecule has 0 aliphatic heterocycles. The largest absolute Gasteiger partial charge is 0.448 e. The number of ketones is 1. The van der Waals surface area contributed by atoms with Gasteiger partial charge in [0.2, 0.25) is 0 Å². The van der Waals surface area contributed by atoms with Gasteiger partial charge in [0.05, 0.1) is 0 Å². The van der Waals surface area contributed by atoms with Crippen molar-refractivity contribution in [3.05, 3.63) is 71.2 Å². The van der Waals surface area contributed by atoms with Crippen LogP contribution in [0.5, 0.6) is 0 Å². The number of nitrogens with one attached hydrogen (secondary N) is 1. The Kier molecular flexibility index (Phi) is 5.96. The lowest BCUT2D eigenvalue weighted by molar-refractivity contribution is -0.123. The average molecular weight is 394 g/mol. The summed E-state index contributed by atoms with van der Waals surface area (Å²) < 4.78 is 5.22. The Bertz CT molecular complexity index is 997. The SMILES string of the molecule is CC(=O)c1ccc(NC(=O)[C@@H](C)OC(=O)c2csc(-c3ccccc3)n2)cc1. The van der Waals surface area contributed by atoms with Gasteiger partial charge in [-0.15, -0.1) is 11.3 Å². The van der Waals surface area contributed by atoms with Crippen molar-refractivity contribution in [2.75, 3.05) is 5.32 Å². The first-order chi connectivity index (χ1) is 13.4. The van der Waals surface area contributed by atoms with E-state index in [2.05, 4.69) is 10.3 Å². The lowest BCUT2D eigenvalue weighted by Gasteiger charge is -2.13. The number of carbonyl (C=O) groups is 3. The number of nitrogens with zero attached hydrogens (tertiary/aromatic N) is 1. The molecular formula is C21H18N2O4S. The maximum absolute atomic E-state index is 12.3. The second-order valence-electron chi connectivity index (χ2n) is 6.07. The molecule has 0 saturated heterocycles. The van der Waals surface area contributed by atoms with Gasteiger partial charge in [0, 0.05) is 22.2 Å². The van der Waals surface area contributed by atoms with Crippen molar-refractivity contribution < 1.29 is 19.1 Å². The van der Waals surface area contributed by atoms with E-state index in [1.54, 1.807) is 29.6 Å². The van der Waals surface area contributed by atoms with E-state index in [1.165, 1.54) is 25.2 Å². The molecule has 0 aliphatic rings. The first kappa shape index (κ1) is 19.4. The molecule has 0 bridgehead atoms. The van der Waals surface area contributed by atoms with Crippen molar-refractivity contribution in [3.8, 4) is 10.6 Å². The predicted octanol–water partition coefficient (Wildman–Crippen LogP) is 4.20. The molecule has 3 aromatic rings. The molecule has 2 aromatic carbocycles. The first-order valence-electron chi connectivity index (χ1n) is 8.58. The number of benzene rings is 2. The molecule has 3 rings (SSSR count). The van der Waals surface area contributed by atoms with Gasteiger partial charge in [-0.05, 0) is 38.1 Å². The van der Waals surface area contributed by atoms with Crippen LogP contribution in [0.25, 0.3) is 10.6 Å². The van der Waals surface area contributed by atoms with Crippen molar-refractivity contribution in [1.82, 2.24) is 4.98 Å². The Hall–Kier alpha value is -3.32. The van der Waals surface area contributed by atoms with Gasteiger partial charge in [-0.3, -0.25) is 9.59 Å². The lowest BCUT2D eigenvalue weighted by atomic mass is 10.1. The van der Waals surface area contributed by atoms with Crippen LogP contribution in [0.3, 0.4) is 0 Å². The number of thiazole rings is 1. The van der Waals surface area contributed by atoms with Crippen LogP contribution in [-0.2, 0) is 9.53 Å². The van der Waals surface area contributed by atoms with Crippen LogP contribution in [-0.4, -0.2) is 28.7 Å². The van der Waals surface area contributed by atoms with Crippen LogP contribution < -0.4 is 5.32 Å². The van der Waals surface area contributed by atoms with Crippen LogP contribution >= 0.6 is 11.3 Å². The van der Waals surface area contributed by atoms with Crippen molar-refractivity contribution >= 4 is 34.7 Å². The predicted molar refractivity (Wildman–Crippen MR) is 108 cm³/mol. The van der Waals surface area contributed by atoms with Crippen LogP contribution in [0.2, 0.25) is 0 Å². The van der Waals surface area contributed by atoms with Gasteiger partial charge in [0.25, 0.3) is 5.91 Å². The smallest absolute Gasteiger partial charge is 0.358 e. The van der Waals surface area contributed by atoms with Crippen LogP contribution in [0.4, 0.5) is 5.69 Å². The minimum atomic E-state index is -0.998. The van der Waals surface area contributed by atoms with E-state index in [0.29, 0.717) is 16.3 Å². The molecular weight excluding hydrogens is 376 g/mol. The highest BCUT2D eigenvalue weighted by Gasteiger charge is 2.21. The maximum Gasteiger partial charge on any atom is 0.358 e. The van der Waals surface area contributed by atoms with Crippen molar-refractivity contribution in [1.29, 1.82) is 0 Å². The van der Waals surface area contributed by atoms with Crippen LogP contribution in [0.15, 0.2) is 60.0 Å². The number of aromatic nitrogens is 1. The van der Waals surface area contributed by atoms with Gasteiger partial charge in [-0.2, -0.15) is 0 Å². The van der Waals surface area contributed by atoms with Crippen LogP contribution in [0.1, 0.15) is 34.7 Å². The number of ether oxygens (including phenoxy) is 1. The third kappa shape index (κ3) is 4.69. The molecule has 0 fully saturated rings. The summed E-state index contributed by atoms with van der Waals surface area (Å²) in [5.41, 5.74) is 2.13. The fourth-order valence-electron chi connectivity index (χ4n) is 2.39. The van der Waals surface area contributed by atoms with E-state index >= 15 is 0 Å². The molecule has 0 unspecified atom stereocenters. The Morgan fingerprint density at radius 3 is 2.36 bits per heavy atom. The zero-order valence-electron chi connectivity index (χ0n) is 15.3. The molecule has 1 amide bonds. The van der Waals surface area contributed by atoms with E-state index in [1.807, 2.05) is 30.3 Å². The summed E-state index contributed by atoms with van der Waals surface area (Å²) in [6.45, 7) is 2.96. The number of amides is 1. The van der Waals surface area contributed by atoms with Gasteiger partial charge in [0.15, 0.2) is 17.6 Å². The third-order valence-corrected chi connectivity index (χ3v) is 4.84. The van der Waals surface area contributed by atoms with E-state index in [0.717, 1.165) is 5.56 Å². The van der Waals surface area contributed by atoms with Crippen LogP contribution in [0, 0.1) is 0 Å². The Balaban J connectivity index is 1.60. The summed E-state index contributed by atoms with van der Waals surface area (Å²) in [6.07, 6.45) is -0.998. The number of anilines is 1. The highest BCUT2D eigenvalue weighted by Crippen LogP contribution is 2.23. The van der Waals surface area contributed by atoms with E-state index in [-0.39, 0.29) is 11.5 Å². The molecule has 0 spiro atoms. The highest BCUT2D eigenvalue weighted by molar-refractivity contribution is 7.13. The molecule has 1 heterocycles. The van der Waals surface area contributed by atoms with E-state index in [9.17, 15) is 14.4 Å². The number of esters is 1. The summed E-state index contributed by atoms with van der Waals surface area (Å²) in [6, 6.07) is 16.0. The van der Waals surface area contributed by atoms with Gasteiger partial charge >= 0.3 is 5.97 Å². The highest BCUT2D eigenvalue weighted by atomic mass is 32.1. The van der Waals surface area contributed by atoms with Gasteiger partial charge in [-0.1, -0.05) is 30.3 Å². The molecule has 0 saturated carbocycles. The molecule has 28 heavy (non-hydrogen) atoms. The maximum atomic E-state index is 12.3. The summed E-state index contributed by atoms with van der Waals surface area (Å²) in [7, 11) is 0. The van der Waals surface area contributed by atoms with Crippen molar-refractivity contribution in [3.63, 3.8) is 0 Å². The normalized spacial score (nSPS) is 11.5. The standard InChI is InChI=1S/C21H18N2O4S/c1-13(24)15-8-10-17(11-9-15)22-19(25)14(2)27-21(26)18-12-28-20(23-18)16-6-4-3-5-7-16/h3-12,14H,1-2H3,(H,22,25)/t14-/m1/s1. The fraction of sp³-hybridized carbons (Fsp3) is 0.143. The molecule has 7 heteroatoms. The number of hydrogen-bond donors (Lipinski definition) is 1. The summed E-state index contributed by atoms with van der Waals surface area (Å²) in [4.78, 5) is 40.1. The number of carbonyl (C=O) groups excluding carboxylic acids is 3. The number of Topliss-reactive ketones (excluding diaryl/α,β-unsaturated/α-hetero) is 1. The van der Waals surface area contributed by atoms with Gasteiger partial charge < -0.3 is 10.1 Å². The topological polar surface area (TPSA) is 85.4 Å². The summed E-state index contributed by atoms with van der Waals surface area (Å²) >= 11 is 1.33. The molecule has 0 radical (unpaired) electrons.